The van der Waals surface area contributed by atoms with Gasteiger partial charge < -0.3 is 9.80 Å². The van der Waals surface area contributed by atoms with Crippen LogP contribution >= 0.6 is 11.6 Å². The smallest absolute Gasteiger partial charge is 0.222 e. The molecule has 2 fully saturated rings. The Hall–Kier alpha value is -0.280. The van der Waals surface area contributed by atoms with Crippen LogP contribution in [-0.4, -0.2) is 54.3 Å². The summed E-state index contributed by atoms with van der Waals surface area (Å²) in [6.07, 6.45) is 8.55. The maximum atomic E-state index is 11.7. The molecule has 0 bridgehead atoms. The van der Waals surface area contributed by atoms with Crippen molar-refractivity contribution in [1.29, 1.82) is 0 Å². The molecule has 0 saturated carbocycles. The van der Waals surface area contributed by atoms with Crippen molar-refractivity contribution in [3.05, 3.63) is 0 Å². The van der Waals surface area contributed by atoms with Crippen LogP contribution in [0.2, 0.25) is 0 Å². The van der Waals surface area contributed by atoms with Gasteiger partial charge in [-0.1, -0.05) is 12.8 Å². The van der Waals surface area contributed by atoms with Crippen LogP contribution in [0.4, 0.5) is 0 Å². The summed E-state index contributed by atoms with van der Waals surface area (Å²) in [6, 6.07) is 0. The fourth-order valence-electron chi connectivity index (χ4n) is 3.17. The number of hydrogen-bond acceptors (Lipinski definition) is 2. The largest absolute Gasteiger partial charge is 0.342 e. The SMILES string of the molecule is O=C1CC(CCl)CN1CCCCN1CCCCCC1. The van der Waals surface area contributed by atoms with Crippen LogP contribution in [0, 0.1) is 5.92 Å². The molecule has 0 radical (unpaired) electrons. The Bertz CT molecular complexity index is 277. The standard InChI is InChI=1S/C15H27ClN2O/c16-12-14-11-15(19)18(13-14)10-6-5-9-17-7-3-1-2-4-8-17/h14H,1-13H2. The molecule has 0 aromatic carbocycles. The number of hydrogen-bond donors (Lipinski definition) is 0. The molecule has 0 aromatic heterocycles. The Morgan fingerprint density at radius 1 is 1.05 bits per heavy atom. The molecule has 2 rings (SSSR count). The molecule has 1 unspecified atom stereocenters. The number of amides is 1. The second-order valence-corrected chi connectivity index (χ2v) is 6.34. The molecule has 1 atom stereocenters. The van der Waals surface area contributed by atoms with Gasteiger partial charge in [0.2, 0.25) is 5.91 Å². The van der Waals surface area contributed by atoms with Gasteiger partial charge in [0.1, 0.15) is 0 Å². The second kappa shape index (κ2) is 8.11. The molecule has 2 aliphatic rings. The monoisotopic (exact) mass is 286 g/mol. The topological polar surface area (TPSA) is 23.6 Å². The number of carbonyl (C=O) groups excluding carboxylic acids is 1. The van der Waals surface area contributed by atoms with Crippen LogP contribution in [0.5, 0.6) is 0 Å². The predicted molar refractivity (Wildman–Crippen MR) is 79.5 cm³/mol. The summed E-state index contributed by atoms with van der Waals surface area (Å²) in [7, 11) is 0. The molecule has 2 saturated heterocycles. The average molecular weight is 287 g/mol. The van der Waals surface area contributed by atoms with Crippen LogP contribution in [0.1, 0.15) is 44.9 Å². The van der Waals surface area contributed by atoms with Gasteiger partial charge in [-0.2, -0.15) is 0 Å². The maximum Gasteiger partial charge on any atom is 0.222 e. The molecule has 4 heteroatoms. The van der Waals surface area contributed by atoms with Crippen molar-refractivity contribution in [1.82, 2.24) is 9.80 Å². The first-order chi connectivity index (χ1) is 9.29. The maximum absolute atomic E-state index is 11.7. The van der Waals surface area contributed by atoms with Gasteiger partial charge in [-0.3, -0.25) is 4.79 Å². The van der Waals surface area contributed by atoms with E-state index in [1.807, 2.05) is 4.90 Å². The summed E-state index contributed by atoms with van der Waals surface area (Å²) in [5, 5.41) is 0. The van der Waals surface area contributed by atoms with Gasteiger partial charge in [0.15, 0.2) is 0 Å². The first-order valence-electron chi connectivity index (χ1n) is 7.85. The number of unbranched alkanes of at least 4 members (excludes halogenated alkanes) is 1. The minimum atomic E-state index is 0.306. The molecule has 0 spiro atoms. The van der Waals surface area contributed by atoms with E-state index in [2.05, 4.69) is 4.90 Å². The van der Waals surface area contributed by atoms with E-state index in [1.165, 1.54) is 51.7 Å². The summed E-state index contributed by atoms with van der Waals surface area (Å²) >= 11 is 5.83. The average Bonchev–Trinajstić information content (AvgIpc) is 2.63. The van der Waals surface area contributed by atoms with Crippen LogP contribution < -0.4 is 0 Å². The van der Waals surface area contributed by atoms with E-state index in [0.717, 1.165) is 19.5 Å². The van der Waals surface area contributed by atoms with Crippen molar-refractivity contribution in [2.45, 2.75) is 44.9 Å². The molecule has 1 amide bonds. The summed E-state index contributed by atoms with van der Waals surface area (Å²) in [5.74, 6) is 1.32. The molecule has 3 nitrogen and oxygen atoms in total. The number of carbonyl (C=O) groups is 1. The van der Waals surface area contributed by atoms with E-state index in [9.17, 15) is 4.79 Å². The minimum Gasteiger partial charge on any atom is -0.342 e. The van der Waals surface area contributed by atoms with Gasteiger partial charge in [-0.15, -0.1) is 11.6 Å². The van der Waals surface area contributed by atoms with Crippen LogP contribution in [-0.2, 0) is 4.79 Å². The van der Waals surface area contributed by atoms with Crippen molar-refractivity contribution >= 4 is 17.5 Å². The predicted octanol–water partition coefficient (Wildman–Crippen LogP) is 2.73. The molecule has 0 aromatic rings. The van der Waals surface area contributed by atoms with Crippen molar-refractivity contribution in [3.8, 4) is 0 Å². The highest BCUT2D eigenvalue weighted by Gasteiger charge is 2.28. The number of likely N-dealkylation sites (tertiary alicyclic amines) is 2. The minimum absolute atomic E-state index is 0.306. The highest BCUT2D eigenvalue weighted by Crippen LogP contribution is 2.19. The molecular weight excluding hydrogens is 260 g/mol. The number of nitrogens with zero attached hydrogens (tertiary/aromatic N) is 2. The van der Waals surface area contributed by atoms with Crippen molar-refractivity contribution < 1.29 is 4.79 Å². The van der Waals surface area contributed by atoms with Gasteiger partial charge in [0.05, 0.1) is 0 Å². The fourth-order valence-corrected chi connectivity index (χ4v) is 3.38. The zero-order valence-electron chi connectivity index (χ0n) is 12.0. The first kappa shape index (κ1) is 15.1. The zero-order valence-corrected chi connectivity index (χ0v) is 12.7. The summed E-state index contributed by atoms with van der Waals surface area (Å²) in [5.41, 5.74) is 0. The van der Waals surface area contributed by atoms with Gasteiger partial charge in [0.25, 0.3) is 0 Å². The Morgan fingerprint density at radius 2 is 1.74 bits per heavy atom. The highest BCUT2D eigenvalue weighted by molar-refractivity contribution is 6.18. The summed E-state index contributed by atoms with van der Waals surface area (Å²) in [4.78, 5) is 16.3. The van der Waals surface area contributed by atoms with Gasteiger partial charge >= 0.3 is 0 Å². The Kier molecular flexibility index (Phi) is 6.45. The van der Waals surface area contributed by atoms with Crippen LogP contribution in [0.3, 0.4) is 0 Å². The Labute approximate surface area is 122 Å². The van der Waals surface area contributed by atoms with Crippen molar-refractivity contribution in [2.75, 3.05) is 38.6 Å². The van der Waals surface area contributed by atoms with Gasteiger partial charge in [-0.25, -0.2) is 0 Å². The molecule has 0 N–H and O–H groups in total. The molecule has 19 heavy (non-hydrogen) atoms. The molecule has 110 valence electrons. The fraction of sp³-hybridized carbons (Fsp3) is 0.933. The number of alkyl halides is 1. The van der Waals surface area contributed by atoms with E-state index in [4.69, 9.17) is 11.6 Å². The van der Waals surface area contributed by atoms with E-state index < -0.39 is 0 Å². The lowest BCUT2D eigenvalue weighted by Gasteiger charge is -2.21. The third kappa shape index (κ3) is 4.96. The zero-order chi connectivity index (χ0) is 13.5. The van der Waals surface area contributed by atoms with Crippen molar-refractivity contribution in [3.63, 3.8) is 0 Å². The van der Waals surface area contributed by atoms with E-state index in [-0.39, 0.29) is 0 Å². The van der Waals surface area contributed by atoms with E-state index in [0.29, 0.717) is 24.1 Å². The third-order valence-corrected chi connectivity index (χ3v) is 4.80. The number of rotatable bonds is 6. The Morgan fingerprint density at radius 3 is 2.37 bits per heavy atom. The lowest BCUT2D eigenvalue weighted by molar-refractivity contribution is -0.127. The van der Waals surface area contributed by atoms with Crippen LogP contribution in [0.25, 0.3) is 0 Å². The lowest BCUT2D eigenvalue weighted by atomic mass is 10.1. The van der Waals surface area contributed by atoms with Crippen molar-refractivity contribution in [2.24, 2.45) is 5.92 Å². The van der Waals surface area contributed by atoms with E-state index in [1.54, 1.807) is 0 Å². The second-order valence-electron chi connectivity index (χ2n) is 6.03. The van der Waals surface area contributed by atoms with E-state index >= 15 is 0 Å². The number of halogens is 1. The highest BCUT2D eigenvalue weighted by atomic mass is 35.5. The normalized spacial score (nSPS) is 25.8. The molecule has 2 aliphatic heterocycles. The quantitative estimate of drug-likeness (QED) is 0.554. The van der Waals surface area contributed by atoms with Gasteiger partial charge in [-0.05, 0) is 51.2 Å². The molecule has 0 aliphatic carbocycles. The summed E-state index contributed by atoms with van der Waals surface area (Å²) < 4.78 is 0. The first-order valence-corrected chi connectivity index (χ1v) is 8.39. The molecule has 2 heterocycles. The summed E-state index contributed by atoms with van der Waals surface area (Å²) in [6.45, 7) is 5.57. The third-order valence-electron chi connectivity index (χ3n) is 4.36. The molecular formula is C15H27ClN2O. The van der Waals surface area contributed by atoms with Crippen LogP contribution in [0.15, 0.2) is 0 Å². The lowest BCUT2D eigenvalue weighted by Crippen LogP contribution is -2.29. The van der Waals surface area contributed by atoms with Gasteiger partial charge in [0, 0.05) is 25.4 Å². The Balaban J connectivity index is 1.57.